The van der Waals surface area contributed by atoms with Crippen molar-refractivity contribution in [1.29, 1.82) is 0 Å². The van der Waals surface area contributed by atoms with Crippen molar-refractivity contribution >= 4 is 29.4 Å². The van der Waals surface area contributed by atoms with Crippen molar-refractivity contribution in [2.75, 3.05) is 36.1 Å². The molecule has 1 N–H and O–H groups in total. The van der Waals surface area contributed by atoms with E-state index in [-0.39, 0.29) is 5.91 Å². The van der Waals surface area contributed by atoms with Gasteiger partial charge in [0.1, 0.15) is 0 Å². The smallest absolute Gasteiger partial charge is 0.219 e. The Hall–Kier alpha value is 0.130. The second-order valence-electron chi connectivity index (χ2n) is 4.82. The van der Waals surface area contributed by atoms with E-state index in [0.717, 1.165) is 19.5 Å². The highest BCUT2D eigenvalue weighted by Crippen LogP contribution is 2.18. The molecular formula is C12H22N2OS2. The van der Waals surface area contributed by atoms with E-state index >= 15 is 0 Å². The number of carbonyl (C=O) groups is 1. The van der Waals surface area contributed by atoms with Gasteiger partial charge in [-0.3, -0.25) is 4.79 Å². The van der Waals surface area contributed by atoms with Crippen molar-refractivity contribution in [3.63, 3.8) is 0 Å². The molecule has 0 spiro atoms. The largest absolute Gasteiger partial charge is 0.341 e. The number of hydrogen-bond acceptors (Lipinski definition) is 4. The molecule has 0 aromatic rings. The van der Waals surface area contributed by atoms with Gasteiger partial charge in [0.25, 0.3) is 0 Å². The fourth-order valence-electron chi connectivity index (χ4n) is 2.45. The van der Waals surface area contributed by atoms with E-state index in [1.165, 1.54) is 29.4 Å². The Labute approximate surface area is 112 Å². The first-order valence-electron chi connectivity index (χ1n) is 6.43. The highest BCUT2D eigenvalue weighted by Gasteiger charge is 2.24. The van der Waals surface area contributed by atoms with Crippen molar-refractivity contribution in [2.45, 2.75) is 31.8 Å². The van der Waals surface area contributed by atoms with E-state index in [0.29, 0.717) is 12.1 Å². The SMILES string of the molecule is CC(=O)N1CCCC(NC2CSCCSC2)C1. The van der Waals surface area contributed by atoms with E-state index < -0.39 is 0 Å². The summed E-state index contributed by atoms with van der Waals surface area (Å²) in [6, 6.07) is 1.14. The molecule has 1 amide bonds. The number of thioether (sulfide) groups is 2. The van der Waals surface area contributed by atoms with Gasteiger partial charge in [-0.05, 0) is 12.8 Å². The lowest BCUT2D eigenvalue weighted by Gasteiger charge is -2.34. The molecule has 1 unspecified atom stereocenters. The van der Waals surface area contributed by atoms with Crippen LogP contribution in [0.25, 0.3) is 0 Å². The summed E-state index contributed by atoms with van der Waals surface area (Å²) < 4.78 is 0. The molecule has 2 fully saturated rings. The van der Waals surface area contributed by atoms with Crippen LogP contribution in [0.1, 0.15) is 19.8 Å². The summed E-state index contributed by atoms with van der Waals surface area (Å²) in [7, 11) is 0. The Morgan fingerprint density at radius 3 is 2.59 bits per heavy atom. The van der Waals surface area contributed by atoms with Crippen molar-refractivity contribution in [2.24, 2.45) is 0 Å². The minimum Gasteiger partial charge on any atom is -0.341 e. The molecule has 2 saturated heterocycles. The lowest BCUT2D eigenvalue weighted by molar-refractivity contribution is -0.130. The van der Waals surface area contributed by atoms with Gasteiger partial charge in [-0.1, -0.05) is 0 Å². The monoisotopic (exact) mass is 274 g/mol. The van der Waals surface area contributed by atoms with Crippen LogP contribution in [0.15, 0.2) is 0 Å². The third kappa shape index (κ3) is 4.38. The lowest BCUT2D eigenvalue weighted by Crippen LogP contribution is -2.51. The molecule has 0 aromatic carbocycles. The zero-order valence-corrected chi connectivity index (χ0v) is 12.1. The minimum atomic E-state index is 0.223. The molecule has 3 nitrogen and oxygen atoms in total. The minimum absolute atomic E-state index is 0.223. The molecule has 0 aliphatic carbocycles. The average molecular weight is 274 g/mol. The summed E-state index contributed by atoms with van der Waals surface area (Å²) in [6.07, 6.45) is 2.36. The van der Waals surface area contributed by atoms with Crippen LogP contribution < -0.4 is 5.32 Å². The first-order valence-corrected chi connectivity index (χ1v) is 8.73. The van der Waals surface area contributed by atoms with Crippen LogP contribution in [0.4, 0.5) is 0 Å². The van der Waals surface area contributed by atoms with Gasteiger partial charge in [-0.2, -0.15) is 23.5 Å². The molecule has 2 rings (SSSR count). The van der Waals surface area contributed by atoms with Crippen LogP contribution in [-0.2, 0) is 4.79 Å². The molecule has 17 heavy (non-hydrogen) atoms. The standard InChI is InChI=1S/C12H22N2OS2/c1-10(15)14-4-2-3-11(7-14)13-12-8-16-5-6-17-9-12/h11-13H,2-9H2,1H3. The molecule has 2 aliphatic rings. The predicted octanol–water partition coefficient (Wildman–Crippen LogP) is 1.44. The highest BCUT2D eigenvalue weighted by atomic mass is 32.2. The normalized spacial score (nSPS) is 27.8. The van der Waals surface area contributed by atoms with Crippen molar-refractivity contribution < 1.29 is 4.79 Å². The summed E-state index contributed by atoms with van der Waals surface area (Å²) in [5.74, 6) is 5.24. The molecule has 0 radical (unpaired) electrons. The summed E-state index contributed by atoms with van der Waals surface area (Å²) in [5, 5.41) is 3.75. The van der Waals surface area contributed by atoms with E-state index in [4.69, 9.17) is 0 Å². The molecule has 1 atom stereocenters. The first kappa shape index (κ1) is 13.6. The van der Waals surface area contributed by atoms with Crippen LogP contribution in [0, 0.1) is 0 Å². The van der Waals surface area contributed by atoms with Gasteiger partial charge in [0.15, 0.2) is 0 Å². The van der Waals surface area contributed by atoms with Crippen LogP contribution in [-0.4, -0.2) is 59.0 Å². The molecule has 0 saturated carbocycles. The number of likely N-dealkylation sites (tertiary alicyclic amines) is 1. The number of nitrogens with one attached hydrogen (secondary N) is 1. The van der Waals surface area contributed by atoms with Crippen LogP contribution in [0.2, 0.25) is 0 Å². The Kier molecular flexibility index (Phi) is 5.50. The summed E-state index contributed by atoms with van der Waals surface area (Å²) in [5.41, 5.74) is 0. The summed E-state index contributed by atoms with van der Waals surface area (Å²) in [6.45, 7) is 3.53. The third-order valence-electron chi connectivity index (χ3n) is 3.35. The van der Waals surface area contributed by atoms with Gasteiger partial charge in [0.2, 0.25) is 5.91 Å². The highest BCUT2D eigenvalue weighted by molar-refractivity contribution is 8.03. The number of amides is 1. The number of carbonyl (C=O) groups excluding carboxylic acids is 1. The van der Waals surface area contributed by atoms with Gasteiger partial charge in [0, 0.05) is 55.1 Å². The molecule has 0 bridgehead atoms. The van der Waals surface area contributed by atoms with Gasteiger partial charge in [-0.15, -0.1) is 0 Å². The molecule has 98 valence electrons. The second kappa shape index (κ2) is 6.90. The van der Waals surface area contributed by atoms with Crippen molar-refractivity contribution in [3.8, 4) is 0 Å². The van der Waals surface area contributed by atoms with E-state index in [1.807, 2.05) is 4.90 Å². The summed E-state index contributed by atoms with van der Waals surface area (Å²) >= 11 is 4.11. The van der Waals surface area contributed by atoms with Crippen molar-refractivity contribution in [3.05, 3.63) is 0 Å². The molecular weight excluding hydrogens is 252 g/mol. The van der Waals surface area contributed by atoms with Gasteiger partial charge in [0.05, 0.1) is 0 Å². The summed E-state index contributed by atoms with van der Waals surface area (Å²) in [4.78, 5) is 13.4. The average Bonchev–Trinajstić information content (AvgIpc) is 2.58. The second-order valence-corrected chi connectivity index (χ2v) is 7.12. The van der Waals surface area contributed by atoms with E-state index in [1.54, 1.807) is 6.92 Å². The zero-order chi connectivity index (χ0) is 12.1. The quantitative estimate of drug-likeness (QED) is 0.826. The number of nitrogens with zero attached hydrogens (tertiary/aromatic N) is 1. The van der Waals surface area contributed by atoms with Crippen LogP contribution in [0.3, 0.4) is 0 Å². The number of hydrogen-bond donors (Lipinski definition) is 1. The van der Waals surface area contributed by atoms with Gasteiger partial charge >= 0.3 is 0 Å². The lowest BCUT2D eigenvalue weighted by atomic mass is 10.1. The number of piperidine rings is 1. The predicted molar refractivity (Wildman–Crippen MR) is 76.8 cm³/mol. The fourth-order valence-corrected chi connectivity index (χ4v) is 4.87. The Bertz CT molecular complexity index is 255. The maximum Gasteiger partial charge on any atom is 0.219 e. The molecule has 5 heteroatoms. The molecule has 2 heterocycles. The maximum atomic E-state index is 11.4. The fraction of sp³-hybridized carbons (Fsp3) is 0.917. The Balaban J connectivity index is 1.79. The first-order chi connectivity index (χ1) is 8.25. The van der Waals surface area contributed by atoms with Gasteiger partial charge < -0.3 is 10.2 Å². The molecule has 2 aliphatic heterocycles. The Morgan fingerprint density at radius 2 is 1.94 bits per heavy atom. The third-order valence-corrected chi connectivity index (χ3v) is 5.87. The maximum absolute atomic E-state index is 11.4. The van der Waals surface area contributed by atoms with Crippen LogP contribution in [0.5, 0.6) is 0 Å². The van der Waals surface area contributed by atoms with Crippen LogP contribution >= 0.6 is 23.5 Å². The number of rotatable bonds is 2. The van der Waals surface area contributed by atoms with Crippen molar-refractivity contribution in [1.82, 2.24) is 10.2 Å². The van der Waals surface area contributed by atoms with E-state index in [9.17, 15) is 4.79 Å². The zero-order valence-electron chi connectivity index (χ0n) is 10.5. The Morgan fingerprint density at radius 1 is 1.24 bits per heavy atom. The van der Waals surface area contributed by atoms with E-state index in [2.05, 4.69) is 28.8 Å². The topological polar surface area (TPSA) is 32.3 Å². The van der Waals surface area contributed by atoms with Gasteiger partial charge in [-0.25, -0.2) is 0 Å². The molecule has 0 aromatic heterocycles.